The van der Waals surface area contributed by atoms with Gasteiger partial charge in [-0.05, 0) is 24.5 Å². The van der Waals surface area contributed by atoms with Gasteiger partial charge in [-0.2, -0.15) is 0 Å². The average molecular weight is 359 g/mol. The lowest BCUT2D eigenvalue weighted by molar-refractivity contribution is -0.118. The van der Waals surface area contributed by atoms with Gasteiger partial charge in [-0.15, -0.1) is 11.3 Å². The number of piperazine rings is 1. The van der Waals surface area contributed by atoms with Gasteiger partial charge in [-0.25, -0.2) is 4.98 Å². The predicted octanol–water partition coefficient (Wildman–Crippen LogP) is 2.45. The molecule has 1 amide bonds. The van der Waals surface area contributed by atoms with Crippen molar-refractivity contribution >= 4 is 22.4 Å². The molecule has 2 heterocycles. The summed E-state index contributed by atoms with van der Waals surface area (Å²) in [5.41, 5.74) is 3.73. The van der Waals surface area contributed by atoms with Gasteiger partial charge < -0.3 is 10.2 Å². The molecule has 1 aliphatic heterocycles. The lowest BCUT2D eigenvalue weighted by Gasteiger charge is -2.34. The Morgan fingerprint density at radius 2 is 1.84 bits per heavy atom. The molecule has 25 heavy (non-hydrogen) atoms. The van der Waals surface area contributed by atoms with E-state index in [2.05, 4.69) is 56.7 Å². The van der Waals surface area contributed by atoms with Crippen molar-refractivity contribution in [2.24, 2.45) is 0 Å². The Labute approximate surface area is 153 Å². The van der Waals surface area contributed by atoms with Crippen LogP contribution in [0, 0.1) is 6.92 Å². The summed E-state index contributed by atoms with van der Waals surface area (Å²) in [5, 5.41) is 6.11. The maximum Gasteiger partial charge on any atom is 0.216 e. The maximum absolute atomic E-state index is 10.9. The first-order chi connectivity index (χ1) is 12.1. The molecule has 3 rings (SSSR count). The number of anilines is 1. The lowest BCUT2D eigenvalue weighted by Crippen LogP contribution is -2.45. The first-order valence-electron chi connectivity index (χ1n) is 8.82. The monoisotopic (exact) mass is 358 g/mol. The Morgan fingerprint density at radius 1 is 1.16 bits per heavy atom. The molecule has 0 saturated carbocycles. The summed E-state index contributed by atoms with van der Waals surface area (Å²) in [5.74, 6) is 0.0312. The van der Waals surface area contributed by atoms with Crippen LogP contribution in [0.3, 0.4) is 0 Å². The first-order valence-corrected chi connectivity index (χ1v) is 9.70. The second-order valence-electron chi connectivity index (χ2n) is 6.58. The van der Waals surface area contributed by atoms with Gasteiger partial charge in [0.1, 0.15) is 0 Å². The third-order valence-corrected chi connectivity index (χ3v) is 5.49. The summed E-state index contributed by atoms with van der Waals surface area (Å²) >= 11 is 1.74. The second-order valence-corrected chi connectivity index (χ2v) is 7.42. The van der Waals surface area contributed by atoms with Crippen molar-refractivity contribution in [3.8, 4) is 0 Å². The molecule has 1 saturated heterocycles. The second kappa shape index (κ2) is 8.45. The van der Waals surface area contributed by atoms with Gasteiger partial charge >= 0.3 is 0 Å². The van der Waals surface area contributed by atoms with E-state index in [1.807, 2.05) is 0 Å². The number of aryl methyl sites for hydroxylation is 1. The zero-order valence-corrected chi connectivity index (χ0v) is 15.8. The van der Waals surface area contributed by atoms with E-state index in [1.165, 1.54) is 11.1 Å². The van der Waals surface area contributed by atoms with Crippen LogP contribution in [0.25, 0.3) is 0 Å². The van der Waals surface area contributed by atoms with Crippen LogP contribution in [0.15, 0.2) is 29.6 Å². The SMILES string of the molecule is CC(=O)NCCc1ccc(CN2CCN(c3nc(C)cs3)CC2)cc1. The Kier molecular flexibility index (Phi) is 6.04. The van der Waals surface area contributed by atoms with Gasteiger partial charge in [0.05, 0.1) is 5.69 Å². The van der Waals surface area contributed by atoms with Crippen LogP contribution in [-0.2, 0) is 17.8 Å². The van der Waals surface area contributed by atoms with Gasteiger partial charge in [-0.1, -0.05) is 24.3 Å². The summed E-state index contributed by atoms with van der Waals surface area (Å²) in [6.45, 7) is 9.54. The van der Waals surface area contributed by atoms with Crippen LogP contribution in [-0.4, -0.2) is 48.5 Å². The van der Waals surface area contributed by atoms with E-state index in [0.717, 1.165) is 50.0 Å². The zero-order valence-electron chi connectivity index (χ0n) is 15.0. The van der Waals surface area contributed by atoms with Crippen LogP contribution in [0.2, 0.25) is 0 Å². The summed E-state index contributed by atoms with van der Waals surface area (Å²) in [4.78, 5) is 20.4. The van der Waals surface area contributed by atoms with Gasteiger partial charge in [0, 0.05) is 51.6 Å². The molecule has 5 nitrogen and oxygen atoms in total. The standard InChI is InChI=1S/C19H26N4OS/c1-15-14-25-19(21-15)23-11-9-22(10-12-23)13-18-5-3-17(4-6-18)7-8-20-16(2)24/h3-6,14H,7-13H2,1-2H3,(H,20,24). The smallest absolute Gasteiger partial charge is 0.216 e. The number of aromatic nitrogens is 1. The van der Waals surface area contributed by atoms with Crippen LogP contribution in [0.1, 0.15) is 23.7 Å². The maximum atomic E-state index is 10.9. The number of nitrogens with zero attached hydrogens (tertiary/aromatic N) is 3. The number of amides is 1. The molecule has 0 bridgehead atoms. The molecular formula is C19H26N4OS. The zero-order chi connectivity index (χ0) is 17.6. The summed E-state index contributed by atoms with van der Waals surface area (Å²) in [6, 6.07) is 8.76. The number of rotatable bonds is 6. The third kappa shape index (κ3) is 5.28. The van der Waals surface area contributed by atoms with E-state index in [4.69, 9.17) is 0 Å². The van der Waals surface area contributed by atoms with Crippen molar-refractivity contribution in [3.63, 3.8) is 0 Å². The van der Waals surface area contributed by atoms with Crippen LogP contribution >= 0.6 is 11.3 Å². The third-order valence-electron chi connectivity index (χ3n) is 4.47. The van der Waals surface area contributed by atoms with Gasteiger partial charge in [0.25, 0.3) is 0 Å². The van der Waals surface area contributed by atoms with Crippen molar-refractivity contribution in [1.29, 1.82) is 0 Å². The molecule has 0 aliphatic carbocycles. The fourth-order valence-electron chi connectivity index (χ4n) is 3.04. The van der Waals surface area contributed by atoms with E-state index in [1.54, 1.807) is 18.3 Å². The summed E-state index contributed by atoms with van der Waals surface area (Å²) in [7, 11) is 0. The molecule has 2 aromatic rings. The van der Waals surface area contributed by atoms with E-state index in [-0.39, 0.29) is 5.91 Å². The Hall–Kier alpha value is -1.92. The molecule has 0 spiro atoms. The van der Waals surface area contributed by atoms with E-state index >= 15 is 0 Å². The van der Waals surface area contributed by atoms with Crippen molar-refractivity contribution in [3.05, 3.63) is 46.5 Å². The number of carbonyl (C=O) groups is 1. The van der Waals surface area contributed by atoms with E-state index < -0.39 is 0 Å². The number of hydrogen-bond donors (Lipinski definition) is 1. The Morgan fingerprint density at radius 3 is 2.44 bits per heavy atom. The van der Waals surface area contributed by atoms with Crippen LogP contribution < -0.4 is 10.2 Å². The molecule has 6 heteroatoms. The fourth-order valence-corrected chi connectivity index (χ4v) is 3.89. The molecule has 0 atom stereocenters. The average Bonchev–Trinajstić information content (AvgIpc) is 3.03. The largest absolute Gasteiger partial charge is 0.356 e. The summed E-state index contributed by atoms with van der Waals surface area (Å²) in [6.07, 6.45) is 0.881. The molecule has 0 radical (unpaired) electrons. The van der Waals surface area contributed by atoms with Crippen LogP contribution in [0.5, 0.6) is 0 Å². The quantitative estimate of drug-likeness (QED) is 0.862. The molecule has 1 fully saturated rings. The topological polar surface area (TPSA) is 48.5 Å². The Balaban J connectivity index is 1.44. The molecule has 0 unspecified atom stereocenters. The first kappa shape index (κ1) is 17.9. The molecule has 1 aromatic carbocycles. The minimum Gasteiger partial charge on any atom is -0.356 e. The minimum absolute atomic E-state index is 0.0312. The number of carbonyl (C=O) groups excluding carboxylic acids is 1. The van der Waals surface area contributed by atoms with E-state index in [0.29, 0.717) is 6.54 Å². The van der Waals surface area contributed by atoms with Crippen LogP contribution in [0.4, 0.5) is 5.13 Å². The molecule has 1 aliphatic rings. The van der Waals surface area contributed by atoms with Gasteiger partial charge in [-0.3, -0.25) is 9.69 Å². The van der Waals surface area contributed by atoms with Crippen molar-refractivity contribution in [2.45, 2.75) is 26.8 Å². The van der Waals surface area contributed by atoms with Crippen molar-refractivity contribution in [1.82, 2.24) is 15.2 Å². The highest BCUT2D eigenvalue weighted by atomic mass is 32.1. The highest BCUT2D eigenvalue weighted by Gasteiger charge is 2.19. The van der Waals surface area contributed by atoms with Crippen molar-refractivity contribution in [2.75, 3.05) is 37.6 Å². The minimum atomic E-state index is 0.0312. The number of nitrogens with one attached hydrogen (secondary N) is 1. The van der Waals surface area contributed by atoms with E-state index in [9.17, 15) is 4.79 Å². The predicted molar refractivity (Wildman–Crippen MR) is 103 cm³/mol. The Bertz CT molecular complexity index is 690. The molecular weight excluding hydrogens is 332 g/mol. The number of hydrogen-bond acceptors (Lipinski definition) is 5. The normalized spacial score (nSPS) is 15.4. The molecule has 1 N–H and O–H groups in total. The highest BCUT2D eigenvalue weighted by Crippen LogP contribution is 2.21. The number of benzene rings is 1. The van der Waals surface area contributed by atoms with Crippen molar-refractivity contribution < 1.29 is 4.79 Å². The number of thiazole rings is 1. The van der Waals surface area contributed by atoms with Gasteiger partial charge in [0.2, 0.25) is 5.91 Å². The fraction of sp³-hybridized carbons (Fsp3) is 0.474. The lowest BCUT2D eigenvalue weighted by atomic mass is 10.1. The molecule has 134 valence electrons. The summed E-state index contributed by atoms with van der Waals surface area (Å²) < 4.78 is 0. The molecule has 1 aromatic heterocycles. The van der Waals surface area contributed by atoms with Gasteiger partial charge in [0.15, 0.2) is 5.13 Å². The highest BCUT2D eigenvalue weighted by molar-refractivity contribution is 7.13.